The van der Waals surface area contributed by atoms with Crippen LogP contribution in [0.25, 0.3) is 0 Å². The largest absolute Gasteiger partial charge is 0.354 e. The van der Waals surface area contributed by atoms with Crippen molar-refractivity contribution in [3.05, 3.63) is 29.8 Å². The number of nitriles is 1. The molecule has 1 aromatic carbocycles. The van der Waals surface area contributed by atoms with Gasteiger partial charge in [0.15, 0.2) is 6.29 Å². The number of amides is 2. The number of methoxy groups -OCH3 is 2. The molecule has 0 heterocycles. The molecule has 0 aliphatic heterocycles. The second kappa shape index (κ2) is 7.27. The van der Waals surface area contributed by atoms with E-state index < -0.39 is 6.29 Å². The molecule has 2 amide bonds. The molecule has 0 aliphatic carbocycles. The maximum atomic E-state index is 11.5. The molecule has 0 atom stereocenters. The first-order valence-corrected chi connectivity index (χ1v) is 5.30. The summed E-state index contributed by atoms with van der Waals surface area (Å²) in [5, 5.41) is 13.9. The molecule has 0 radical (unpaired) electrons. The highest BCUT2D eigenvalue weighted by Gasteiger charge is 2.07. The summed E-state index contributed by atoms with van der Waals surface area (Å²) in [5.41, 5.74) is 1.15. The van der Waals surface area contributed by atoms with Gasteiger partial charge in [-0.25, -0.2) is 4.79 Å². The van der Waals surface area contributed by atoms with Crippen molar-refractivity contribution in [1.82, 2.24) is 5.32 Å². The Morgan fingerprint density at radius 1 is 1.33 bits per heavy atom. The van der Waals surface area contributed by atoms with Crippen LogP contribution in [0.1, 0.15) is 5.56 Å². The molecule has 18 heavy (non-hydrogen) atoms. The van der Waals surface area contributed by atoms with Crippen LogP contribution >= 0.6 is 0 Å². The molecule has 0 aromatic heterocycles. The normalized spacial score (nSPS) is 9.89. The molecule has 96 valence electrons. The van der Waals surface area contributed by atoms with Crippen molar-refractivity contribution < 1.29 is 14.3 Å². The van der Waals surface area contributed by atoms with Crippen LogP contribution < -0.4 is 10.6 Å². The third-order valence-corrected chi connectivity index (χ3v) is 2.23. The summed E-state index contributed by atoms with van der Waals surface area (Å²) >= 11 is 0. The fourth-order valence-corrected chi connectivity index (χ4v) is 1.24. The van der Waals surface area contributed by atoms with Gasteiger partial charge >= 0.3 is 6.03 Å². The van der Waals surface area contributed by atoms with Crippen molar-refractivity contribution in [2.24, 2.45) is 0 Å². The van der Waals surface area contributed by atoms with Crippen molar-refractivity contribution in [2.45, 2.75) is 6.29 Å². The van der Waals surface area contributed by atoms with Gasteiger partial charge in [0.1, 0.15) is 0 Å². The van der Waals surface area contributed by atoms with Crippen LogP contribution in [0.2, 0.25) is 0 Å². The van der Waals surface area contributed by atoms with Gasteiger partial charge in [-0.15, -0.1) is 0 Å². The number of hydrogen-bond acceptors (Lipinski definition) is 4. The van der Waals surface area contributed by atoms with E-state index in [-0.39, 0.29) is 12.6 Å². The average Bonchev–Trinajstić information content (AvgIpc) is 2.41. The van der Waals surface area contributed by atoms with E-state index in [0.29, 0.717) is 11.3 Å². The Labute approximate surface area is 106 Å². The Morgan fingerprint density at radius 2 is 1.94 bits per heavy atom. The van der Waals surface area contributed by atoms with Crippen LogP contribution in [0.3, 0.4) is 0 Å². The van der Waals surface area contributed by atoms with E-state index in [2.05, 4.69) is 10.6 Å². The third-order valence-electron chi connectivity index (χ3n) is 2.23. The van der Waals surface area contributed by atoms with E-state index in [4.69, 9.17) is 14.7 Å². The number of ether oxygens (including phenoxy) is 2. The van der Waals surface area contributed by atoms with Crippen molar-refractivity contribution >= 4 is 11.7 Å². The van der Waals surface area contributed by atoms with Gasteiger partial charge in [-0.1, -0.05) is 0 Å². The van der Waals surface area contributed by atoms with Gasteiger partial charge in [-0.05, 0) is 24.3 Å². The number of carbonyl (C=O) groups is 1. The number of rotatable bonds is 5. The summed E-state index contributed by atoms with van der Waals surface area (Å²) < 4.78 is 9.86. The summed E-state index contributed by atoms with van der Waals surface area (Å²) in [5.74, 6) is 0. The number of hydrogen-bond donors (Lipinski definition) is 2. The minimum atomic E-state index is -0.475. The van der Waals surface area contributed by atoms with Gasteiger partial charge in [-0.3, -0.25) is 0 Å². The fourth-order valence-electron chi connectivity index (χ4n) is 1.24. The Kier molecular flexibility index (Phi) is 5.64. The number of carbonyl (C=O) groups excluding carboxylic acids is 1. The minimum Gasteiger partial charge on any atom is -0.354 e. The number of nitrogens with zero attached hydrogens (tertiary/aromatic N) is 1. The number of urea groups is 1. The number of anilines is 1. The van der Waals surface area contributed by atoms with Crippen LogP contribution in [0, 0.1) is 11.3 Å². The third kappa shape index (κ3) is 4.41. The minimum absolute atomic E-state index is 0.245. The molecule has 0 spiro atoms. The highest BCUT2D eigenvalue weighted by atomic mass is 16.7. The first-order valence-electron chi connectivity index (χ1n) is 5.30. The second-order valence-corrected chi connectivity index (χ2v) is 3.43. The van der Waals surface area contributed by atoms with Crippen molar-refractivity contribution in [3.63, 3.8) is 0 Å². The van der Waals surface area contributed by atoms with Gasteiger partial charge in [0.05, 0.1) is 18.2 Å². The van der Waals surface area contributed by atoms with Crippen LogP contribution in [-0.2, 0) is 9.47 Å². The molecule has 2 N–H and O–H groups in total. The summed E-state index contributed by atoms with van der Waals surface area (Å²) in [6.45, 7) is 0.245. The lowest BCUT2D eigenvalue weighted by molar-refractivity contribution is -0.0970. The summed E-state index contributed by atoms with van der Waals surface area (Å²) in [7, 11) is 2.99. The molecule has 0 aliphatic rings. The van der Waals surface area contributed by atoms with Crippen LogP contribution in [0.4, 0.5) is 10.5 Å². The fraction of sp³-hybridized carbons (Fsp3) is 0.333. The van der Waals surface area contributed by atoms with E-state index in [0.717, 1.165) is 0 Å². The molecule has 0 unspecified atom stereocenters. The zero-order chi connectivity index (χ0) is 13.4. The van der Waals surface area contributed by atoms with Gasteiger partial charge in [-0.2, -0.15) is 5.26 Å². The maximum Gasteiger partial charge on any atom is 0.319 e. The summed E-state index contributed by atoms with van der Waals surface area (Å²) in [6, 6.07) is 8.20. The highest BCUT2D eigenvalue weighted by Crippen LogP contribution is 2.08. The van der Waals surface area contributed by atoms with Crippen LogP contribution in [-0.4, -0.2) is 33.1 Å². The van der Waals surface area contributed by atoms with E-state index in [9.17, 15) is 4.79 Å². The highest BCUT2D eigenvalue weighted by molar-refractivity contribution is 5.89. The molecule has 0 fully saturated rings. The predicted molar refractivity (Wildman–Crippen MR) is 66.0 cm³/mol. The Bertz CT molecular complexity index is 421. The van der Waals surface area contributed by atoms with Gasteiger partial charge in [0.2, 0.25) is 0 Å². The average molecular weight is 249 g/mol. The van der Waals surface area contributed by atoms with Crippen LogP contribution in [0.15, 0.2) is 24.3 Å². The number of nitrogens with one attached hydrogen (secondary N) is 2. The van der Waals surface area contributed by atoms with Crippen molar-refractivity contribution in [1.29, 1.82) is 5.26 Å². The van der Waals surface area contributed by atoms with Crippen molar-refractivity contribution in [3.8, 4) is 6.07 Å². The van der Waals surface area contributed by atoms with E-state index in [1.54, 1.807) is 24.3 Å². The molecule has 0 bridgehead atoms. The second-order valence-electron chi connectivity index (χ2n) is 3.43. The maximum absolute atomic E-state index is 11.5. The predicted octanol–water partition coefficient (Wildman–Crippen LogP) is 1.30. The molecular formula is C12H15N3O3. The molecule has 0 saturated heterocycles. The molecule has 0 saturated carbocycles. The summed E-state index contributed by atoms with van der Waals surface area (Å²) in [4.78, 5) is 11.5. The Hall–Kier alpha value is -2.10. The lowest BCUT2D eigenvalue weighted by Gasteiger charge is -2.14. The van der Waals surface area contributed by atoms with E-state index in [1.807, 2.05) is 6.07 Å². The Morgan fingerprint density at radius 3 is 2.44 bits per heavy atom. The lowest BCUT2D eigenvalue weighted by Crippen LogP contribution is -2.36. The lowest BCUT2D eigenvalue weighted by atomic mass is 10.2. The molecule has 6 heteroatoms. The zero-order valence-corrected chi connectivity index (χ0v) is 10.3. The first-order chi connectivity index (χ1) is 8.69. The van der Waals surface area contributed by atoms with Crippen LogP contribution in [0.5, 0.6) is 0 Å². The Balaban J connectivity index is 2.42. The van der Waals surface area contributed by atoms with Gasteiger partial charge in [0, 0.05) is 19.9 Å². The molecular weight excluding hydrogens is 234 g/mol. The van der Waals surface area contributed by atoms with Gasteiger partial charge in [0.25, 0.3) is 0 Å². The zero-order valence-electron chi connectivity index (χ0n) is 10.3. The van der Waals surface area contributed by atoms with Gasteiger partial charge < -0.3 is 20.1 Å². The first kappa shape index (κ1) is 14.0. The smallest absolute Gasteiger partial charge is 0.319 e. The SMILES string of the molecule is COC(CNC(=O)Nc1ccc(C#N)cc1)OC. The standard InChI is InChI=1S/C12H15N3O3/c1-17-11(18-2)8-14-12(16)15-10-5-3-9(7-13)4-6-10/h3-6,11H,8H2,1-2H3,(H2,14,15,16). The van der Waals surface area contributed by atoms with Crippen molar-refractivity contribution in [2.75, 3.05) is 26.1 Å². The summed E-state index contributed by atoms with van der Waals surface area (Å²) in [6.07, 6.45) is -0.475. The topological polar surface area (TPSA) is 83.4 Å². The molecule has 1 rings (SSSR count). The monoisotopic (exact) mass is 249 g/mol. The molecule has 1 aromatic rings. The number of benzene rings is 1. The quantitative estimate of drug-likeness (QED) is 0.770. The van der Waals surface area contributed by atoms with E-state index >= 15 is 0 Å². The molecule has 6 nitrogen and oxygen atoms in total. The van der Waals surface area contributed by atoms with E-state index in [1.165, 1.54) is 14.2 Å².